The lowest BCUT2D eigenvalue weighted by Crippen LogP contribution is -2.38. The maximum atomic E-state index is 10.4. The highest BCUT2D eigenvalue weighted by molar-refractivity contribution is 5.67. The molecule has 3 nitrogen and oxygen atoms in total. The maximum absolute atomic E-state index is 10.4. The summed E-state index contributed by atoms with van der Waals surface area (Å²) in [6.45, 7) is 5.06. The van der Waals surface area contributed by atoms with Crippen molar-refractivity contribution in [3.63, 3.8) is 0 Å². The van der Waals surface area contributed by atoms with E-state index in [1.807, 2.05) is 17.0 Å². The number of aliphatic hydroxyl groups excluding tert-OH is 1. The third-order valence-corrected chi connectivity index (χ3v) is 4.06. The van der Waals surface area contributed by atoms with Crippen molar-refractivity contribution in [1.82, 2.24) is 4.90 Å². The Morgan fingerprint density at radius 3 is 2.33 bits per heavy atom. The monoisotopic (exact) mass is 283 g/mol. The number of aryl methyl sites for hydroxylation is 1. The second-order valence-electron chi connectivity index (χ2n) is 5.46. The zero-order valence-electron chi connectivity index (χ0n) is 12.3. The van der Waals surface area contributed by atoms with Gasteiger partial charge in [0.15, 0.2) is 0 Å². The summed E-state index contributed by atoms with van der Waals surface area (Å²) in [5.74, 6) is 0. The minimum absolute atomic E-state index is 0.542. The van der Waals surface area contributed by atoms with E-state index < -0.39 is 6.23 Å². The first-order valence-electron chi connectivity index (χ1n) is 7.41. The van der Waals surface area contributed by atoms with Crippen LogP contribution >= 0.6 is 0 Å². The Balaban J connectivity index is 1.79. The van der Waals surface area contributed by atoms with Crippen molar-refractivity contribution in [2.75, 3.05) is 26.3 Å². The van der Waals surface area contributed by atoms with Gasteiger partial charge in [0.2, 0.25) is 0 Å². The molecule has 1 heterocycles. The van der Waals surface area contributed by atoms with E-state index in [1.54, 1.807) is 0 Å². The van der Waals surface area contributed by atoms with Crippen molar-refractivity contribution in [2.45, 2.75) is 13.2 Å². The summed E-state index contributed by atoms with van der Waals surface area (Å²) < 4.78 is 5.32. The number of morpholine rings is 1. The van der Waals surface area contributed by atoms with Crippen molar-refractivity contribution in [3.05, 3.63) is 59.7 Å². The van der Waals surface area contributed by atoms with Crippen LogP contribution in [0.5, 0.6) is 0 Å². The number of aliphatic hydroxyl groups is 1. The SMILES string of the molecule is Cc1ccccc1-c1ccc(C(O)N2CCOCC2)cc1. The molecule has 1 atom stereocenters. The van der Waals surface area contributed by atoms with Gasteiger partial charge in [-0.2, -0.15) is 0 Å². The average Bonchev–Trinajstić information content (AvgIpc) is 2.56. The molecule has 0 aromatic heterocycles. The molecule has 2 aromatic rings. The van der Waals surface area contributed by atoms with Crippen LogP contribution in [-0.4, -0.2) is 36.3 Å². The zero-order chi connectivity index (χ0) is 14.7. The van der Waals surface area contributed by atoms with Gasteiger partial charge in [0.05, 0.1) is 13.2 Å². The van der Waals surface area contributed by atoms with Gasteiger partial charge in [-0.05, 0) is 29.2 Å². The smallest absolute Gasteiger partial charge is 0.133 e. The molecule has 2 aromatic carbocycles. The Labute approximate surface area is 125 Å². The minimum Gasteiger partial charge on any atom is -0.379 e. The van der Waals surface area contributed by atoms with Gasteiger partial charge in [-0.15, -0.1) is 0 Å². The van der Waals surface area contributed by atoms with Gasteiger partial charge in [0.1, 0.15) is 6.23 Å². The lowest BCUT2D eigenvalue weighted by Gasteiger charge is -2.31. The molecular formula is C18H21NO2. The van der Waals surface area contributed by atoms with Crippen LogP contribution < -0.4 is 0 Å². The molecule has 1 aliphatic heterocycles. The molecular weight excluding hydrogens is 262 g/mol. The van der Waals surface area contributed by atoms with Crippen molar-refractivity contribution < 1.29 is 9.84 Å². The van der Waals surface area contributed by atoms with Gasteiger partial charge in [-0.25, -0.2) is 0 Å². The molecule has 1 fully saturated rings. The second-order valence-corrected chi connectivity index (χ2v) is 5.46. The van der Waals surface area contributed by atoms with Crippen LogP contribution in [0.4, 0.5) is 0 Å². The molecule has 0 saturated carbocycles. The van der Waals surface area contributed by atoms with E-state index in [9.17, 15) is 5.11 Å². The van der Waals surface area contributed by atoms with E-state index in [2.05, 4.69) is 43.3 Å². The normalized spacial score (nSPS) is 17.6. The molecule has 1 saturated heterocycles. The van der Waals surface area contributed by atoms with Gasteiger partial charge < -0.3 is 9.84 Å². The highest BCUT2D eigenvalue weighted by atomic mass is 16.5. The first kappa shape index (κ1) is 14.3. The highest BCUT2D eigenvalue weighted by Crippen LogP contribution is 2.26. The first-order valence-corrected chi connectivity index (χ1v) is 7.41. The van der Waals surface area contributed by atoms with Crippen molar-refractivity contribution in [2.24, 2.45) is 0 Å². The van der Waals surface area contributed by atoms with Gasteiger partial charge in [-0.1, -0.05) is 48.5 Å². The van der Waals surface area contributed by atoms with E-state index in [4.69, 9.17) is 4.74 Å². The Kier molecular flexibility index (Phi) is 4.34. The van der Waals surface area contributed by atoms with Crippen LogP contribution in [0.3, 0.4) is 0 Å². The summed E-state index contributed by atoms with van der Waals surface area (Å²) in [7, 11) is 0. The second kappa shape index (κ2) is 6.39. The third-order valence-electron chi connectivity index (χ3n) is 4.06. The fourth-order valence-electron chi connectivity index (χ4n) is 2.76. The molecule has 1 N–H and O–H groups in total. The molecule has 1 aliphatic rings. The number of hydrogen-bond donors (Lipinski definition) is 1. The Hall–Kier alpha value is -1.68. The highest BCUT2D eigenvalue weighted by Gasteiger charge is 2.19. The van der Waals surface area contributed by atoms with Crippen molar-refractivity contribution in [1.29, 1.82) is 0 Å². The largest absolute Gasteiger partial charge is 0.379 e. The Morgan fingerprint density at radius 1 is 1.00 bits per heavy atom. The molecule has 0 aliphatic carbocycles. The number of hydrogen-bond acceptors (Lipinski definition) is 3. The van der Waals surface area contributed by atoms with E-state index >= 15 is 0 Å². The number of nitrogens with zero attached hydrogens (tertiary/aromatic N) is 1. The first-order chi connectivity index (χ1) is 10.3. The molecule has 0 amide bonds. The molecule has 3 rings (SSSR count). The standard InChI is InChI=1S/C18H21NO2/c1-14-4-2-3-5-17(14)15-6-8-16(9-7-15)18(20)19-10-12-21-13-11-19/h2-9,18,20H,10-13H2,1H3. The third kappa shape index (κ3) is 3.16. The molecule has 0 radical (unpaired) electrons. The minimum atomic E-state index is -0.542. The van der Waals surface area contributed by atoms with Crippen LogP contribution in [-0.2, 0) is 4.74 Å². The predicted octanol–water partition coefficient (Wildman–Crippen LogP) is 2.99. The van der Waals surface area contributed by atoms with E-state index in [-0.39, 0.29) is 0 Å². The fourth-order valence-corrected chi connectivity index (χ4v) is 2.76. The number of benzene rings is 2. The van der Waals surface area contributed by atoms with E-state index in [0.717, 1.165) is 18.7 Å². The summed E-state index contributed by atoms with van der Waals surface area (Å²) in [4.78, 5) is 2.05. The van der Waals surface area contributed by atoms with Gasteiger partial charge in [-0.3, -0.25) is 4.90 Å². The molecule has 21 heavy (non-hydrogen) atoms. The van der Waals surface area contributed by atoms with Crippen LogP contribution in [0, 0.1) is 6.92 Å². The van der Waals surface area contributed by atoms with Gasteiger partial charge in [0, 0.05) is 13.1 Å². The lowest BCUT2D eigenvalue weighted by molar-refractivity contribution is -0.0603. The summed E-state index contributed by atoms with van der Waals surface area (Å²) in [5, 5.41) is 10.4. The van der Waals surface area contributed by atoms with E-state index in [0.29, 0.717) is 13.2 Å². The predicted molar refractivity (Wildman–Crippen MR) is 84.0 cm³/mol. The van der Waals surface area contributed by atoms with Crippen LogP contribution in [0.1, 0.15) is 17.4 Å². The van der Waals surface area contributed by atoms with E-state index in [1.165, 1.54) is 16.7 Å². The summed E-state index contributed by atoms with van der Waals surface area (Å²) in [6.07, 6.45) is -0.542. The summed E-state index contributed by atoms with van der Waals surface area (Å²) in [6, 6.07) is 16.6. The number of rotatable bonds is 3. The molecule has 0 spiro atoms. The molecule has 110 valence electrons. The zero-order valence-corrected chi connectivity index (χ0v) is 12.3. The lowest BCUT2D eigenvalue weighted by atomic mass is 9.99. The molecule has 0 bridgehead atoms. The van der Waals surface area contributed by atoms with Crippen LogP contribution in [0.15, 0.2) is 48.5 Å². The fraction of sp³-hybridized carbons (Fsp3) is 0.333. The average molecular weight is 283 g/mol. The maximum Gasteiger partial charge on any atom is 0.133 e. The summed E-state index contributed by atoms with van der Waals surface area (Å²) in [5.41, 5.74) is 4.63. The topological polar surface area (TPSA) is 32.7 Å². The number of ether oxygens (including phenoxy) is 1. The quantitative estimate of drug-likeness (QED) is 0.940. The van der Waals surface area contributed by atoms with Gasteiger partial charge >= 0.3 is 0 Å². The summed E-state index contributed by atoms with van der Waals surface area (Å²) >= 11 is 0. The van der Waals surface area contributed by atoms with Crippen molar-refractivity contribution in [3.8, 4) is 11.1 Å². The molecule has 1 unspecified atom stereocenters. The Morgan fingerprint density at radius 2 is 1.67 bits per heavy atom. The Bertz CT molecular complexity index is 588. The van der Waals surface area contributed by atoms with Gasteiger partial charge in [0.25, 0.3) is 0 Å². The van der Waals surface area contributed by atoms with Crippen LogP contribution in [0.2, 0.25) is 0 Å². The van der Waals surface area contributed by atoms with Crippen LogP contribution in [0.25, 0.3) is 11.1 Å². The van der Waals surface area contributed by atoms with Crippen molar-refractivity contribution >= 4 is 0 Å². The molecule has 3 heteroatoms.